The number of nitrogens with zero attached hydrogens (tertiary/aromatic N) is 1. The molecule has 0 radical (unpaired) electrons. The Labute approximate surface area is 106 Å². The molecule has 2 rings (SSSR count). The third-order valence-corrected chi connectivity index (χ3v) is 3.62. The van der Waals surface area contributed by atoms with Gasteiger partial charge in [0.1, 0.15) is 6.23 Å². The Balaban J connectivity index is 2.19. The molecule has 1 unspecified atom stereocenters. The molecule has 106 valence electrons. The number of aliphatic hydroxyl groups excluding tert-OH is 1. The van der Waals surface area contributed by atoms with E-state index in [4.69, 9.17) is 14.5 Å². The Morgan fingerprint density at radius 1 is 1.47 bits per heavy atom. The van der Waals surface area contributed by atoms with Gasteiger partial charge in [-0.3, -0.25) is 18.9 Å². The maximum atomic E-state index is 11.5. The van der Waals surface area contributed by atoms with Crippen LogP contribution in [0.4, 0.5) is 0 Å². The Morgan fingerprint density at radius 3 is 2.74 bits per heavy atom. The lowest BCUT2D eigenvalue weighted by atomic mass is 10.2. The van der Waals surface area contributed by atoms with Crippen LogP contribution >= 0.6 is 7.60 Å². The van der Waals surface area contributed by atoms with Crippen molar-refractivity contribution in [3.8, 4) is 0 Å². The number of nitrogens with one attached hydrogen (secondary N) is 1. The zero-order valence-electron chi connectivity index (χ0n) is 9.67. The fourth-order valence-corrected chi connectivity index (χ4v) is 2.74. The monoisotopic (exact) mass is 292 g/mol. The number of ether oxygens (including phenoxy) is 1. The summed E-state index contributed by atoms with van der Waals surface area (Å²) in [6.45, 7) is 0. The summed E-state index contributed by atoms with van der Waals surface area (Å²) in [7, 11) is -4.32. The minimum absolute atomic E-state index is 0.0105. The van der Waals surface area contributed by atoms with Crippen molar-refractivity contribution in [3.05, 3.63) is 33.1 Å². The van der Waals surface area contributed by atoms with Gasteiger partial charge in [-0.05, 0) is 0 Å². The standard InChI is InChI=1S/C9H13N2O7P/c12-5-3-8(18-6(5)4-19(15,16)17)11-2-1-7(13)10-9(11)14/h1-2,5-6,8,12H,3-4H2,(H,10,13,14)(H2,15,16,17)/t5?,6-,8-/m0/s1. The van der Waals surface area contributed by atoms with Gasteiger partial charge in [0, 0.05) is 18.7 Å². The molecule has 3 atom stereocenters. The van der Waals surface area contributed by atoms with Crippen LogP contribution in [0.3, 0.4) is 0 Å². The normalized spacial score (nSPS) is 27.6. The molecule has 1 fully saturated rings. The predicted octanol–water partition coefficient (Wildman–Crippen LogP) is -1.64. The van der Waals surface area contributed by atoms with Crippen molar-refractivity contribution in [2.24, 2.45) is 0 Å². The molecule has 0 bridgehead atoms. The summed E-state index contributed by atoms with van der Waals surface area (Å²) in [5, 5.41) is 9.67. The van der Waals surface area contributed by atoms with Gasteiger partial charge in [0.2, 0.25) is 0 Å². The van der Waals surface area contributed by atoms with Gasteiger partial charge in [0.25, 0.3) is 5.56 Å². The van der Waals surface area contributed by atoms with Crippen molar-refractivity contribution in [2.45, 2.75) is 24.9 Å². The molecule has 9 nitrogen and oxygen atoms in total. The van der Waals surface area contributed by atoms with Crippen LogP contribution in [0.5, 0.6) is 0 Å². The molecule has 4 N–H and O–H groups in total. The SMILES string of the molecule is O=c1ccn([C@@H]2CC(O)[C@H](CP(=O)(O)O)O2)c(=O)[nH]1. The zero-order valence-corrected chi connectivity index (χ0v) is 10.6. The first-order chi connectivity index (χ1) is 8.76. The van der Waals surface area contributed by atoms with Gasteiger partial charge in [0.15, 0.2) is 0 Å². The van der Waals surface area contributed by atoms with Gasteiger partial charge < -0.3 is 19.6 Å². The molecule has 0 spiro atoms. The van der Waals surface area contributed by atoms with Gasteiger partial charge in [0.05, 0.1) is 18.4 Å². The molecule has 0 aromatic carbocycles. The van der Waals surface area contributed by atoms with Gasteiger partial charge in [-0.25, -0.2) is 4.79 Å². The first-order valence-corrected chi connectivity index (χ1v) is 7.25. The molecule has 0 saturated carbocycles. The molecule has 2 heterocycles. The van der Waals surface area contributed by atoms with Gasteiger partial charge >= 0.3 is 13.3 Å². The number of hydrogen-bond donors (Lipinski definition) is 4. The average molecular weight is 292 g/mol. The molecular weight excluding hydrogens is 279 g/mol. The van der Waals surface area contributed by atoms with Crippen LogP contribution in [0.25, 0.3) is 0 Å². The Hall–Kier alpha value is -1.25. The highest BCUT2D eigenvalue weighted by Crippen LogP contribution is 2.40. The highest BCUT2D eigenvalue weighted by molar-refractivity contribution is 7.51. The second-order valence-corrected chi connectivity index (χ2v) is 5.99. The highest BCUT2D eigenvalue weighted by Gasteiger charge is 2.38. The van der Waals surface area contributed by atoms with Crippen molar-refractivity contribution < 1.29 is 24.2 Å². The predicted molar refractivity (Wildman–Crippen MR) is 62.8 cm³/mol. The number of H-pyrrole nitrogens is 1. The highest BCUT2D eigenvalue weighted by atomic mass is 31.2. The van der Waals surface area contributed by atoms with Crippen molar-refractivity contribution in [1.29, 1.82) is 0 Å². The number of aromatic nitrogens is 2. The van der Waals surface area contributed by atoms with Crippen LogP contribution in [0, 0.1) is 0 Å². The van der Waals surface area contributed by atoms with E-state index in [0.717, 1.165) is 10.6 Å². The summed E-state index contributed by atoms with van der Waals surface area (Å²) in [4.78, 5) is 42.2. The fourth-order valence-electron chi connectivity index (χ4n) is 1.94. The maximum Gasteiger partial charge on any atom is 0.330 e. The smallest absolute Gasteiger partial charge is 0.330 e. The zero-order chi connectivity index (χ0) is 14.2. The van der Waals surface area contributed by atoms with E-state index in [1.807, 2.05) is 4.98 Å². The summed E-state index contributed by atoms with van der Waals surface area (Å²) >= 11 is 0. The Morgan fingerprint density at radius 2 is 2.16 bits per heavy atom. The molecule has 1 saturated heterocycles. The Kier molecular flexibility index (Phi) is 3.75. The van der Waals surface area contributed by atoms with Gasteiger partial charge in [-0.2, -0.15) is 0 Å². The third kappa shape index (κ3) is 3.40. The third-order valence-electron chi connectivity index (χ3n) is 2.78. The average Bonchev–Trinajstić information content (AvgIpc) is 2.57. The van der Waals surface area contributed by atoms with Gasteiger partial charge in [-0.15, -0.1) is 0 Å². The molecule has 0 amide bonds. The summed E-state index contributed by atoms with van der Waals surface area (Å²) < 4.78 is 17.2. The number of hydrogen-bond acceptors (Lipinski definition) is 5. The fraction of sp³-hybridized carbons (Fsp3) is 0.556. The van der Waals surface area contributed by atoms with E-state index in [0.29, 0.717) is 0 Å². The van der Waals surface area contributed by atoms with E-state index in [2.05, 4.69) is 0 Å². The number of aromatic amines is 1. The Bertz CT molecular complexity index is 617. The summed E-state index contributed by atoms with van der Waals surface area (Å²) in [5.74, 6) is 0. The van der Waals surface area contributed by atoms with E-state index in [9.17, 15) is 19.3 Å². The maximum absolute atomic E-state index is 11.5. The lowest BCUT2D eigenvalue weighted by Crippen LogP contribution is -2.31. The van der Waals surface area contributed by atoms with Crippen molar-refractivity contribution >= 4 is 7.60 Å². The molecule has 10 heteroatoms. The quantitative estimate of drug-likeness (QED) is 0.489. The summed E-state index contributed by atoms with van der Waals surface area (Å²) in [5.41, 5.74) is -1.27. The first-order valence-electron chi connectivity index (χ1n) is 5.46. The molecule has 1 aliphatic rings. The molecule has 0 aliphatic carbocycles. The molecule has 1 aliphatic heterocycles. The van der Waals surface area contributed by atoms with E-state index >= 15 is 0 Å². The van der Waals surface area contributed by atoms with E-state index in [-0.39, 0.29) is 6.42 Å². The van der Waals surface area contributed by atoms with E-state index in [1.165, 1.54) is 6.20 Å². The van der Waals surface area contributed by atoms with Crippen molar-refractivity contribution in [1.82, 2.24) is 9.55 Å². The van der Waals surface area contributed by atoms with E-state index < -0.39 is 43.4 Å². The van der Waals surface area contributed by atoms with E-state index in [1.54, 1.807) is 0 Å². The van der Waals surface area contributed by atoms with Crippen LogP contribution < -0.4 is 11.2 Å². The molecule has 19 heavy (non-hydrogen) atoms. The lowest BCUT2D eigenvalue weighted by molar-refractivity contribution is -0.0103. The van der Waals surface area contributed by atoms with Gasteiger partial charge in [-0.1, -0.05) is 0 Å². The van der Waals surface area contributed by atoms with Crippen LogP contribution in [-0.2, 0) is 9.30 Å². The minimum atomic E-state index is -4.32. The molecule has 1 aromatic heterocycles. The van der Waals surface area contributed by atoms with Crippen molar-refractivity contribution in [2.75, 3.05) is 6.16 Å². The van der Waals surface area contributed by atoms with Crippen LogP contribution in [0.15, 0.2) is 21.9 Å². The molecule has 1 aromatic rings. The van der Waals surface area contributed by atoms with Crippen LogP contribution in [0.2, 0.25) is 0 Å². The first kappa shape index (κ1) is 14.2. The van der Waals surface area contributed by atoms with Crippen LogP contribution in [-0.4, -0.2) is 42.8 Å². The topological polar surface area (TPSA) is 142 Å². The minimum Gasteiger partial charge on any atom is -0.390 e. The largest absolute Gasteiger partial charge is 0.390 e. The summed E-state index contributed by atoms with van der Waals surface area (Å²) in [6, 6.07) is 1.12. The number of rotatable bonds is 3. The second kappa shape index (κ2) is 5.03. The van der Waals surface area contributed by atoms with Crippen LogP contribution in [0.1, 0.15) is 12.6 Å². The lowest BCUT2D eigenvalue weighted by Gasteiger charge is -2.16. The molecular formula is C9H13N2O7P. The second-order valence-electron chi connectivity index (χ2n) is 4.30. The van der Waals surface area contributed by atoms with Crippen molar-refractivity contribution in [3.63, 3.8) is 0 Å². The summed E-state index contributed by atoms with van der Waals surface area (Å²) in [6.07, 6.45) is -2.41. The number of aliphatic hydroxyl groups is 1.